The second-order valence-corrected chi connectivity index (χ2v) is 4.60. The van der Waals surface area contributed by atoms with Gasteiger partial charge in [-0.25, -0.2) is 0 Å². The van der Waals surface area contributed by atoms with Crippen LogP contribution in [-0.4, -0.2) is 12.6 Å². The standard InChI is InChI=1S/C13H10O2/c14-12-11-10-6-5-8-3-1-2-4-9(8)13(10,11)7-15-12/h1-6,10-11H,7H2/t10-,11+,13?/m1/s1. The molecule has 1 aromatic carbocycles. The molecular weight excluding hydrogens is 188 g/mol. The molecule has 74 valence electrons. The van der Waals surface area contributed by atoms with Gasteiger partial charge in [-0.15, -0.1) is 0 Å². The predicted octanol–water partition coefficient (Wildman–Crippen LogP) is 1.75. The fraction of sp³-hybridized carbons (Fsp3) is 0.308. The van der Waals surface area contributed by atoms with Crippen molar-refractivity contribution < 1.29 is 9.53 Å². The third-order valence-corrected chi connectivity index (χ3v) is 4.05. The van der Waals surface area contributed by atoms with Gasteiger partial charge < -0.3 is 4.74 Å². The first-order valence-corrected chi connectivity index (χ1v) is 5.28. The van der Waals surface area contributed by atoms with E-state index in [4.69, 9.17) is 4.74 Å². The van der Waals surface area contributed by atoms with Crippen LogP contribution < -0.4 is 0 Å². The molecule has 3 aliphatic rings. The number of hydrogen-bond donors (Lipinski definition) is 0. The van der Waals surface area contributed by atoms with E-state index in [1.165, 1.54) is 11.1 Å². The summed E-state index contributed by atoms with van der Waals surface area (Å²) in [6.45, 7) is 0.572. The van der Waals surface area contributed by atoms with Crippen LogP contribution in [0.1, 0.15) is 11.1 Å². The third kappa shape index (κ3) is 0.685. The highest BCUT2D eigenvalue weighted by atomic mass is 16.5. The number of hydrogen-bond acceptors (Lipinski definition) is 2. The lowest BCUT2D eigenvalue weighted by atomic mass is 9.86. The molecule has 3 atom stereocenters. The predicted molar refractivity (Wildman–Crippen MR) is 55.1 cm³/mol. The van der Waals surface area contributed by atoms with Crippen LogP contribution in [0.3, 0.4) is 0 Å². The molecule has 1 saturated carbocycles. The molecule has 1 heterocycles. The van der Waals surface area contributed by atoms with Gasteiger partial charge in [-0.1, -0.05) is 36.4 Å². The van der Waals surface area contributed by atoms with Gasteiger partial charge in [0.25, 0.3) is 0 Å². The molecular formula is C13H10O2. The highest BCUT2D eigenvalue weighted by Crippen LogP contribution is 2.67. The normalized spacial score (nSPS) is 39.1. The smallest absolute Gasteiger partial charge is 0.310 e. The van der Waals surface area contributed by atoms with Gasteiger partial charge in [0.15, 0.2) is 0 Å². The van der Waals surface area contributed by atoms with Crippen LogP contribution >= 0.6 is 0 Å². The summed E-state index contributed by atoms with van der Waals surface area (Å²) in [5.74, 6) is 0.479. The Labute approximate surface area is 87.6 Å². The van der Waals surface area contributed by atoms with Gasteiger partial charge in [0, 0.05) is 5.92 Å². The molecule has 0 aromatic heterocycles. The number of allylic oxidation sites excluding steroid dienone is 1. The summed E-state index contributed by atoms with van der Waals surface area (Å²) in [6.07, 6.45) is 4.31. The van der Waals surface area contributed by atoms with Crippen molar-refractivity contribution in [1.29, 1.82) is 0 Å². The fourth-order valence-electron chi connectivity index (χ4n) is 3.27. The Morgan fingerprint density at radius 3 is 3.13 bits per heavy atom. The number of ether oxygens (including phenoxy) is 1. The van der Waals surface area contributed by atoms with Crippen molar-refractivity contribution in [3.63, 3.8) is 0 Å². The molecule has 2 aliphatic carbocycles. The lowest BCUT2D eigenvalue weighted by molar-refractivity contribution is -0.141. The zero-order valence-corrected chi connectivity index (χ0v) is 8.14. The molecule has 1 saturated heterocycles. The Morgan fingerprint density at radius 1 is 1.33 bits per heavy atom. The van der Waals surface area contributed by atoms with Gasteiger partial charge in [-0.05, 0) is 11.1 Å². The largest absolute Gasteiger partial charge is 0.464 e. The number of esters is 1. The molecule has 0 amide bonds. The molecule has 4 rings (SSSR count). The quantitative estimate of drug-likeness (QED) is 0.594. The summed E-state index contributed by atoms with van der Waals surface area (Å²) >= 11 is 0. The molecule has 1 unspecified atom stereocenters. The molecule has 0 bridgehead atoms. The highest BCUT2D eigenvalue weighted by molar-refractivity contribution is 5.87. The van der Waals surface area contributed by atoms with Crippen molar-refractivity contribution in [1.82, 2.24) is 0 Å². The van der Waals surface area contributed by atoms with Gasteiger partial charge in [0.2, 0.25) is 0 Å². The van der Waals surface area contributed by atoms with E-state index in [0.717, 1.165) is 0 Å². The topological polar surface area (TPSA) is 26.3 Å². The van der Waals surface area contributed by atoms with Crippen LogP contribution in [0, 0.1) is 11.8 Å². The van der Waals surface area contributed by atoms with Crippen molar-refractivity contribution in [3.8, 4) is 0 Å². The first kappa shape index (κ1) is 7.69. The third-order valence-electron chi connectivity index (χ3n) is 4.05. The van der Waals surface area contributed by atoms with Crippen LogP contribution in [0.4, 0.5) is 0 Å². The van der Waals surface area contributed by atoms with Crippen molar-refractivity contribution in [2.45, 2.75) is 5.41 Å². The van der Waals surface area contributed by atoms with Crippen LogP contribution in [-0.2, 0) is 14.9 Å². The Hall–Kier alpha value is -1.57. The van der Waals surface area contributed by atoms with Crippen molar-refractivity contribution >= 4 is 12.0 Å². The molecule has 1 spiro atoms. The van der Waals surface area contributed by atoms with Crippen LogP contribution in [0.25, 0.3) is 6.08 Å². The maximum Gasteiger partial charge on any atom is 0.310 e. The molecule has 2 heteroatoms. The highest BCUT2D eigenvalue weighted by Gasteiger charge is 2.74. The molecule has 2 fully saturated rings. The number of carbonyl (C=O) groups is 1. The molecule has 15 heavy (non-hydrogen) atoms. The van der Waals surface area contributed by atoms with Crippen molar-refractivity contribution in [3.05, 3.63) is 41.5 Å². The number of benzene rings is 1. The number of rotatable bonds is 0. The van der Waals surface area contributed by atoms with Gasteiger partial charge in [-0.2, -0.15) is 0 Å². The Balaban J connectivity index is 1.97. The average molecular weight is 198 g/mol. The van der Waals surface area contributed by atoms with Crippen molar-refractivity contribution in [2.75, 3.05) is 6.61 Å². The van der Waals surface area contributed by atoms with Gasteiger partial charge in [0.1, 0.15) is 6.61 Å². The lowest BCUT2D eigenvalue weighted by Crippen LogP contribution is -2.18. The first-order valence-electron chi connectivity index (χ1n) is 5.28. The van der Waals surface area contributed by atoms with Crippen molar-refractivity contribution in [2.24, 2.45) is 11.8 Å². The lowest BCUT2D eigenvalue weighted by Gasteiger charge is -2.19. The van der Waals surface area contributed by atoms with Gasteiger partial charge in [0.05, 0.1) is 11.3 Å². The Kier molecular flexibility index (Phi) is 1.11. The summed E-state index contributed by atoms with van der Waals surface area (Å²) in [6, 6.07) is 8.32. The number of carbonyl (C=O) groups excluding carboxylic acids is 1. The number of cyclic esters (lactones) is 1. The molecule has 0 N–H and O–H groups in total. The van der Waals surface area contributed by atoms with E-state index < -0.39 is 0 Å². The minimum atomic E-state index is -0.0126. The van der Waals surface area contributed by atoms with E-state index in [1.807, 2.05) is 12.1 Å². The SMILES string of the molecule is O=C1OCC23c4ccccc4C=C[C@@H]2[C@@H]13. The van der Waals surface area contributed by atoms with E-state index >= 15 is 0 Å². The minimum Gasteiger partial charge on any atom is -0.464 e. The van der Waals surface area contributed by atoms with Crippen LogP contribution in [0.15, 0.2) is 30.3 Å². The maximum absolute atomic E-state index is 11.5. The monoisotopic (exact) mass is 198 g/mol. The molecule has 1 aliphatic heterocycles. The number of fused-ring (bicyclic) bond motifs is 2. The summed E-state index contributed by atoms with van der Waals surface area (Å²) in [4.78, 5) is 11.5. The molecule has 2 nitrogen and oxygen atoms in total. The Bertz CT molecular complexity index is 503. The summed E-state index contributed by atoms with van der Waals surface area (Å²) in [7, 11) is 0. The van der Waals surface area contributed by atoms with E-state index in [1.54, 1.807) is 0 Å². The molecule has 1 aromatic rings. The average Bonchev–Trinajstić information content (AvgIpc) is 2.85. The Morgan fingerprint density at radius 2 is 2.20 bits per heavy atom. The zero-order valence-electron chi connectivity index (χ0n) is 8.14. The van der Waals surface area contributed by atoms with E-state index in [0.29, 0.717) is 12.5 Å². The van der Waals surface area contributed by atoms with E-state index in [9.17, 15) is 4.79 Å². The summed E-state index contributed by atoms with van der Waals surface area (Å²) in [5.41, 5.74) is 2.55. The van der Waals surface area contributed by atoms with Gasteiger partial charge in [-0.3, -0.25) is 4.79 Å². The molecule has 0 radical (unpaired) electrons. The first-order chi connectivity index (χ1) is 7.34. The second-order valence-electron chi connectivity index (χ2n) is 4.60. The maximum atomic E-state index is 11.5. The van der Waals surface area contributed by atoms with Crippen LogP contribution in [0.2, 0.25) is 0 Å². The minimum absolute atomic E-state index is 0.00241. The summed E-state index contributed by atoms with van der Waals surface area (Å²) in [5, 5.41) is 0. The second kappa shape index (κ2) is 2.16. The van der Waals surface area contributed by atoms with Crippen LogP contribution in [0.5, 0.6) is 0 Å². The van der Waals surface area contributed by atoms with Gasteiger partial charge >= 0.3 is 5.97 Å². The fourth-order valence-corrected chi connectivity index (χ4v) is 3.27. The van der Waals surface area contributed by atoms with E-state index in [-0.39, 0.29) is 17.3 Å². The van der Waals surface area contributed by atoms with E-state index in [2.05, 4.69) is 24.3 Å². The summed E-state index contributed by atoms with van der Waals surface area (Å²) < 4.78 is 5.16. The zero-order chi connectivity index (χ0) is 10.0.